The molecule has 0 saturated heterocycles. The average Bonchev–Trinajstić information content (AvgIpc) is 1.84. The predicted octanol–water partition coefficient (Wildman–Crippen LogP) is 1.87. The van der Waals surface area contributed by atoms with Gasteiger partial charge in [0, 0.05) is 6.54 Å². The molecule has 0 aliphatic carbocycles. The maximum atomic E-state index is 12.1. The van der Waals surface area contributed by atoms with Gasteiger partial charge in [-0.3, -0.25) is 0 Å². The van der Waals surface area contributed by atoms with E-state index < -0.39 is 31.2 Å². The molecule has 0 spiro atoms. The zero-order chi connectivity index (χ0) is 9.99. The van der Waals surface area contributed by atoms with Crippen molar-refractivity contribution < 1.29 is 26.3 Å². The van der Waals surface area contributed by atoms with Crippen molar-refractivity contribution in [1.29, 1.82) is 0 Å². The topological polar surface area (TPSA) is 26.0 Å². The molecule has 74 valence electrons. The minimum atomic E-state index is -5.70. The van der Waals surface area contributed by atoms with Crippen LogP contribution in [0.3, 0.4) is 0 Å². The van der Waals surface area contributed by atoms with Gasteiger partial charge in [0.2, 0.25) is 0 Å². The van der Waals surface area contributed by atoms with Gasteiger partial charge in [-0.15, -0.1) is 0 Å². The Morgan fingerprint density at radius 2 is 1.50 bits per heavy atom. The SMILES string of the molecule is NCC(F)CC(F)(F)C(F)(F)F. The number of rotatable bonds is 3. The van der Waals surface area contributed by atoms with Gasteiger partial charge >= 0.3 is 12.1 Å². The summed E-state index contributed by atoms with van der Waals surface area (Å²) in [5.74, 6) is -4.99. The Balaban J connectivity index is 4.22. The molecule has 0 amide bonds. The third-order valence-electron chi connectivity index (χ3n) is 1.15. The second-order valence-corrected chi connectivity index (χ2v) is 2.24. The van der Waals surface area contributed by atoms with Crippen LogP contribution in [-0.2, 0) is 0 Å². The van der Waals surface area contributed by atoms with E-state index in [1.807, 2.05) is 0 Å². The van der Waals surface area contributed by atoms with Crippen molar-refractivity contribution >= 4 is 0 Å². The molecule has 12 heavy (non-hydrogen) atoms. The second kappa shape index (κ2) is 3.51. The van der Waals surface area contributed by atoms with Crippen molar-refractivity contribution in [3.63, 3.8) is 0 Å². The first-order chi connectivity index (χ1) is 5.20. The molecule has 0 fully saturated rings. The Kier molecular flexibility index (Phi) is 3.37. The van der Waals surface area contributed by atoms with E-state index in [9.17, 15) is 26.3 Å². The van der Waals surface area contributed by atoms with Crippen molar-refractivity contribution in [3.8, 4) is 0 Å². The summed E-state index contributed by atoms with van der Waals surface area (Å²) in [5, 5.41) is 0. The number of hydrogen-bond donors (Lipinski definition) is 1. The molecule has 0 aromatic heterocycles. The molecule has 0 aromatic carbocycles. The fourth-order valence-corrected chi connectivity index (χ4v) is 0.477. The standard InChI is InChI=1S/C5H7F6N/c6-3(2-12)1-4(7,8)5(9,10)11/h3H,1-2,12H2. The second-order valence-electron chi connectivity index (χ2n) is 2.24. The van der Waals surface area contributed by atoms with Crippen molar-refractivity contribution in [2.45, 2.75) is 24.7 Å². The fourth-order valence-electron chi connectivity index (χ4n) is 0.477. The molecule has 2 N–H and O–H groups in total. The van der Waals surface area contributed by atoms with Crippen LogP contribution in [0.15, 0.2) is 0 Å². The molecule has 0 aromatic rings. The summed E-state index contributed by atoms with van der Waals surface area (Å²) >= 11 is 0. The van der Waals surface area contributed by atoms with Crippen LogP contribution in [0.5, 0.6) is 0 Å². The third kappa shape index (κ3) is 2.88. The van der Waals surface area contributed by atoms with Crippen molar-refractivity contribution in [1.82, 2.24) is 0 Å². The highest BCUT2D eigenvalue weighted by atomic mass is 19.4. The van der Waals surface area contributed by atoms with Crippen LogP contribution < -0.4 is 5.73 Å². The molecule has 0 rings (SSSR count). The molecule has 1 atom stereocenters. The largest absolute Gasteiger partial charge is 0.453 e. The van der Waals surface area contributed by atoms with Crippen molar-refractivity contribution in [2.24, 2.45) is 5.73 Å². The number of halogens is 6. The van der Waals surface area contributed by atoms with Gasteiger partial charge in [0.15, 0.2) is 0 Å². The van der Waals surface area contributed by atoms with E-state index in [0.29, 0.717) is 0 Å². The first-order valence-corrected chi connectivity index (χ1v) is 2.99. The van der Waals surface area contributed by atoms with Crippen LogP contribution in [0.25, 0.3) is 0 Å². The molecule has 7 heteroatoms. The zero-order valence-electron chi connectivity index (χ0n) is 5.84. The van der Waals surface area contributed by atoms with Crippen molar-refractivity contribution in [3.05, 3.63) is 0 Å². The zero-order valence-corrected chi connectivity index (χ0v) is 5.84. The predicted molar refractivity (Wildman–Crippen MR) is 29.6 cm³/mol. The first kappa shape index (κ1) is 11.5. The van der Waals surface area contributed by atoms with Gasteiger partial charge in [0.25, 0.3) is 0 Å². The highest BCUT2D eigenvalue weighted by molar-refractivity contribution is 4.79. The lowest BCUT2D eigenvalue weighted by Gasteiger charge is -2.20. The summed E-state index contributed by atoms with van der Waals surface area (Å²) in [5.41, 5.74) is 4.55. The quantitative estimate of drug-likeness (QED) is 0.683. The lowest BCUT2D eigenvalue weighted by molar-refractivity contribution is -0.287. The highest BCUT2D eigenvalue weighted by Gasteiger charge is 2.58. The van der Waals surface area contributed by atoms with E-state index in [1.54, 1.807) is 0 Å². The van der Waals surface area contributed by atoms with E-state index in [-0.39, 0.29) is 0 Å². The minimum Gasteiger partial charge on any atom is -0.328 e. The van der Waals surface area contributed by atoms with Gasteiger partial charge in [-0.05, 0) is 0 Å². The molecular formula is C5H7F6N. The summed E-state index contributed by atoms with van der Waals surface area (Å²) in [4.78, 5) is 0. The Morgan fingerprint density at radius 1 is 1.08 bits per heavy atom. The number of alkyl halides is 6. The Hall–Kier alpha value is -0.460. The molecule has 0 heterocycles. The summed E-state index contributed by atoms with van der Waals surface area (Å²) in [7, 11) is 0. The molecule has 0 bridgehead atoms. The Bertz CT molecular complexity index is 141. The average molecular weight is 195 g/mol. The normalized spacial score (nSPS) is 16.2. The maximum absolute atomic E-state index is 12.1. The van der Waals surface area contributed by atoms with Gasteiger partial charge in [-0.2, -0.15) is 22.0 Å². The minimum absolute atomic E-state index is 0.842. The molecule has 0 aliphatic heterocycles. The van der Waals surface area contributed by atoms with E-state index in [2.05, 4.69) is 5.73 Å². The van der Waals surface area contributed by atoms with Crippen LogP contribution in [0.1, 0.15) is 6.42 Å². The summed E-state index contributed by atoms with van der Waals surface area (Å²) in [6, 6.07) is 0. The molecule has 1 nitrogen and oxygen atoms in total. The fraction of sp³-hybridized carbons (Fsp3) is 1.00. The Labute approximate surface area is 64.5 Å². The molecule has 0 aliphatic rings. The first-order valence-electron chi connectivity index (χ1n) is 2.99. The molecular weight excluding hydrogens is 188 g/mol. The van der Waals surface area contributed by atoms with Gasteiger partial charge in [-0.25, -0.2) is 4.39 Å². The lowest BCUT2D eigenvalue weighted by Crippen LogP contribution is -2.40. The number of hydrogen-bond acceptors (Lipinski definition) is 1. The van der Waals surface area contributed by atoms with Gasteiger partial charge < -0.3 is 5.73 Å². The third-order valence-corrected chi connectivity index (χ3v) is 1.15. The molecule has 0 saturated carbocycles. The monoisotopic (exact) mass is 195 g/mol. The van der Waals surface area contributed by atoms with Gasteiger partial charge in [0.05, 0.1) is 6.42 Å². The molecule has 1 unspecified atom stereocenters. The van der Waals surface area contributed by atoms with Gasteiger partial charge in [0.1, 0.15) is 6.17 Å². The van der Waals surface area contributed by atoms with Crippen LogP contribution in [0, 0.1) is 0 Å². The van der Waals surface area contributed by atoms with E-state index in [0.717, 1.165) is 0 Å². The van der Waals surface area contributed by atoms with Crippen molar-refractivity contribution in [2.75, 3.05) is 6.54 Å². The lowest BCUT2D eigenvalue weighted by atomic mass is 10.1. The van der Waals surface area contributed by atoms with E-state index in [1.165, 1.54) is 0 Å². The highest BCUT2D eigenvalue weighted by Crippen LogP contribution is 2.39. The van der Waals surface area contributed by atoms with E-state index in [4.69, 9.17) is 0 Å². The van der Waals surface area contributed by atoms with E-state index >= 15 is 0 Å². The number of nitrogens with two attached hydrogens (primary N) is 1. The van der Waals surface area contributed by atoms with Crippen LogP contribution in [0.4, 0.5) is 26.3 Å². The van der Waals surface area contributed by atoms with Crippen LogP contribution in [-0.4, -0.2) is 24.8 Å². The van der Waals surface area contributed by atoms with Crippen LogP contribution in [0.2, 0.25) is 0 Å². The summed E-state index contributed by atoms with van der Waals surface area (Å²) < 4.78 is 70.1. The smallest absolute Gasteiger partial charge is 0.328 e. The van der Waals surface area contributed by atoms with Crippen LogP contribution >= 0.6 is 0 Å². The molecule has 0 radical (unpaired) electrons. The van der Waals surface area contributed by atoms with Gasteiger partial charge in [-0.1, -0.05) is 0 Å². The maximum Gasteiger partial charge on any atom is 0.453 e. The summed E-state index contributed by atoms with van der Waals surface area (Å²) in [6.45, 7) is -0.842. The summed E-state index contributed by atoms with van der Waals surface area (Å²) in [6.07, 6.45) is -9.94. The Morgan fingerprint density at radius 3 is 1.75 bits per heavy atom.